The van der Waals surface area contributed by atoms with E-state index in [0.29, 0.717) is 5.76 Å². The standard InChI is InChI=1S/C19H24N4O3/c1-13(16-9-5-6-10-20-16)23(2)19(25)17-11-15(26-22-17)12-21-18(24)14-7-3-4-8-14/h5-6,9-11,13-14H,3-4,7-8,12H2,1-2H3,(H,21,24). The number of hydrogen-bond donors (Lipinski definition) is 1. The summed E-state index contributed by atoms with van der Waals surface area (Å²) >= 11 is 0. The van der Waals surface area contributed by atoms with Crippen molar-refractivity contribution in [2.75, 3.05) is 7.05 Å². The van der Waals surface area contributed by atoms with E-state index in [0.717, 1.165) is 31.4 Å². The minimum absolute atomic E-state index is 0.0488. The zero-order valence-corrected chi connectivity index (χ0v) is 15.1. The fourth-order valence-electron chi connectivity index (χ4n) is 3.18. The largest absolute Gasteiger partial charge is 0.359 e. The summed E-state index contributed by atoms with van der Waals surface area (Å²) in [6.07, 6.45) is 5.81. The maximum Gasteiger partial charge on any atom is 0.276 e. The monoisotopic (exact) mass is 356 g/mol. The van der Waals surface area contributed by atoms with Crippen LogP contribution in [-0.4, -0.2) is 33.9 Å². The number of amides is 2. The summed E-state index contributed by atoms with van der Waals surface area (Å²) in [6, 6.07) is 6.99. The van der Waals surface area contributed by atoms with E-state index in [1.165, 1.54) is 0 Å². The van der Waals surface area contributed by atoms with Crippen LogP contribution in [0.15, 0.2) is 35.0 Å². The second-order valence-corrected chi connectivity index (χ2v) is 6.72. The Morgan fingerprint density at radius 3 is 2.81 bits per heavy atom. The van der Waals surface area contributed by atoms with Gasteiger partial charge < -0.3 is 14.7 Å². The molecule has 1 aliphatic carbocycles. The second-order valence-electron chi connectivity index (χ2n) is 6.72. The van der Waals surface area contributed by atoms with Gasteiger partial charge in [0.1, 0.15) is 0 Å². The van der Waals surface area contributed by atoms with Crippen LogP contribution >= 0.6 is 0 Å². The van der Waals surface area contributed by atoms with E-state index in [9.17, 15) is 9.59 Å². The van der Waals surface area contributed by atoms with Gasteiger partial charge in [0, 0.05) is 25.2 Å². The first-order valence-electron chi connectivity index (χ1n) is 8.97. The summed E-state index contributed by atoms with van der Waals surface area (Å²) in [5.74, 6) is 0.371. The maximum absolute atomic E-state index is 12.6. The van der Waals surface area contributed by atoms with Gasteiger partial charge in [-0.2, -0.15) is 0 Å². The van der Waals surface area contributed by atoms with E-state index in [4.69, 9.17) is 4.52 Å². The molecule has 0 radical (unpaired) electrons. The van der Waals surface area contributed by atoms with Gasteiger partial charge in [0.05, 0.1) is 18.3 Å². The highest BCUT2D eigenvalue weighted by atomic mass is 16.5. The van der Waals surface area contributed by atoms with Crippen molar-refractivity contribution in [3.05, 3.63) is 47.6 Å². The zero-order chi connectivity index (χ0) is 18.5. The molecule has 138 valence electrons. The van der Waals surface area contributed by atoms with E-state index < -0.39 is 0 Å². The second kappa shape index (κ2) is 8.12. The van der Waals surface area contributed by atoms with Crippen LogP contribution < -0.4 is 5.32 Å². The molecule has 3 rings (SSSR count). The molecule has 0 aromatic carbocycles. The molecule has 2 amide bonds. The highest BCUT2D eigenvalue weighted by molar-refractivity contribution is 5.92. The molecular formula is C19H24N4O3. The summed E-state index contributed by atoms with van der Waals surface area (Å²) in [5, 5.41) is 6.71. The van der Waals surface area contributed by atoms with Crippen molar-refractivity contribution in [3.8, 4) is 0 Å². The van der Waals surface area contributed by atoms with Gasteiger partial charge in [-0.25, -0.2) is 0 Å². The Hall–Kier alpha value is -2.70. The van der Waals surface area contributed by atoms with Crippen LogP contribution in [0.1, 0.15) is 60.6 Å². The van der Waals surface area contributed by atoms with Crippen molar-refractivity contribution in [1.29, 1.82) is 0 Å². The molecule has 1 N–H and O–H groups in total. The Kier molecular flexibility index (Phi) is 5.65. The topological polar surface area (TPSA) is 88.3 Å². The van der Waals surface area contributed by atoms with Crippen LogP contribution in [0.3, 0.4) is 0 Å². The average Bonchev–Trinajstić information content (AvgIpc) is 3.37. The molecule has 0 aliphatic heterocycles. The molecule has 1 atom stereocenters. The summed E-state index contributed by atoms with van der Waals surface area (Å²) in [5.41, 5.74) is 1.02. The van der Waals surface area contributed by atoms with Gasteiger partial charge in [0.2, 0.25) is 5.91 Å². The molecule has 2 heterocycles. The van der Waals surface area contributed by atoms with Crippen molar-refractivity contribution in [2.45, 2.75) is 45.2 Å². The lowest BCUT2D eigenvalue weighted by molar-refractivity contribution is -0.125. The van der Waals surface area contributed by atoms with Gasteiger partial charge in [0.15, 0.2) is 11.5 Å². The summed E-state index contributed by atoms with van der Waals surface area (Å²) in [6.45, 7) is 2.15. The average molecular weight is 356 g/mol. The Balaban J connectivity index is 1.57. The van der Waals surface area contributed by atoms with Crippen LogP contribution in [0.4, 0.5) is 0 Å². The van der Waals surface area contributed by atoms with Gasteiger partial charge in [0.25, 0.3) is 5.91 Å². The third-order valence-corrected chi connectivity index (χ3v) is 4.96. The molecule has 7 heteroatoms. The first-order valence-corrected chi connectivity index (χ1v) is 8.97. The predicted octanol–water partition coefficient (Wildman–Crippen LogP) is 2.71. The number of aromatic nitrogens is 2. The minimum Gasteiger partial charge on any atom is -0.359 e. The van der Waals surface area contributed by atoms with Crippen molar-refractivity contribution in [2.24, 2.45) is 5.92 Å². The van der Waals surface area contributed by atoms with Crippen molar-refractivity contribution >= 4 is 11.8 Å². The van der Waals surface area contributed by atoms with Crippen LogP contribution in [0.2, 0.25) is 0 Å². The Morgan fingerprint density at radius 2 is 2.12 bits per heavy atom. The molecule has 7 nitrogen and oxygen atoms in total. The smallest absolute Gasteiger partial charge is 0.276 e. The lowest BCUT2D eigenvalue weighted by Gasteiger charge is -2.23. The van der Waals surface area contributed by atoms with Crippen LogP contribution in [0.5, 0.6) is 0 Å². The third kappa shape index (κ3) is 4.09. The number of carbonyl (C=O) groups is 2. The molecule has 1 saturated carbocycles. The summed E-state index contributed by atoms with van der Waals surface area (Å²) < 4.78 is 5.21. The van der Waals surface area contributed by atoms with Crippen LogP contribution in [-0.2, 0) is 11.3 Å². The zero-order valence-electron chi connectivity index (χ0n) is 15.1. The predicted molar refractivity (Wildman–Crippen MR) is 95.1 cm³/mol. The SMILES string of the molecule is CC(c1ccccn1)N(C)C(=O)c1cc(CNC(=O)C2CCCC2)on1. The van der Waals surface area contributed by atoms with Gasteiger partial charge in [-0.1, -0.05) is 24.1 Å². The highest BCUT2D eigenvalue weighted by Gasteiger charge is 2.24. The van der Waals surface area contributed by atoms with Crippen molar-refractivity contribution in [1.82, 2.24) is 20.4 Å². The number of nitrogens with one attached hydrogen (secondary N) is 1. The molecule has 0 bridgehead atoms. The van der Waals surface area contributed by atoms with E-state index in [1.807, 2.05) is 25.1 Å². The Bertz CT molecular complexity index is 753. The molecule has 26 heavy (non-hydrogen) atoms. The highest BCUT2D eigenvalue weighted by Crippen LogP contribution is 2.24. The van der Waals surface area contributed by atoms with Crippen LogP contribution in [0, 0.1) is 5.92 Å². The quantitative estimate of drug-likeness (QED) is 0.860. The number of nitrogens with zero attached hydrogens (tertiary/aromatic N) is 3. The van der Waals surface area contributed by atoms with Gasteiger partial charge >= 0.3 is 0 Å². The fourth-order valence-corrected chi connectivity index (χ4v) is 3.18. The van der Waals surface area contributed by atoms with E-state index in [-0.39, 0.29) is 36.0 Å². The van der Waals surface area contributed by atoms with Gasteiger partial charge in [-0.15, -0.1) is 0 Å². The lowest BCUT2D eigenvalue weighted by atomic mass is 10.1. The van der Waals surface area contributed by atoms with E-state index >= 15 is 0 Å². The molecule has 0 spiro atoms. The normalized spacial score (nSPS) is 15.6. The molecule has 2 aromatic heterocycles. The molecule has 2 aromatic rings. The Labute approximate surface area is 152 Å². The summed E-state index contributed by atoms with van der Waals surface area (Å²) in [4.78, 5) is 30.5. The number of carbonyl (C=O) groups excluding carboxylic acids is 2. The van der Waals surface area contributed by atoms with Gasteiger partial charge in [-0.05, 0) is 31.9 Å². The molecular weight excluding hydrogens is 332 g/mol. The summed E-state index contributed by atoms with van der Waals surface area (Å²) in [7, 11) is 1.71. The number of pyridine rings is 1. The molecule has 1 fully saturated rings. The number of rotatable bonds is 6. The fraction of sp³-hybridized carbons (Fsp3) is 0.474. The van der Waals surface area contributed by atoms with E-state index in [2.05, 4.69) is 15.5 Å². The Morgan fingerprint density at radius 1 is 1.35 bits per heavy atom. The minimum atomic E-state index is -0.250. The van der Waals surface area contributed by atoms with E-state index in [1.54, 1.807) is 24.2 Å². The maximum atomic E-state index is 12.6. The lowest BCUT2D eigenvalue weighted by Crippen LogP contribution is -2.30. The molecule has 1 unspecified atom stereocenters. The molecule has 1 aliphatic rings. The first-order chi connectivity index (χ1) is 12.6. The number of hydrogen-bond acceptors (Lipinski definition) is 5. The third-order valence-electron chi connectivity index (χ3n) is 4.96. The van der Waals surface area contributed by atoms with Crippen LogP contribution in [0.25, 0.3) is 0 Å². The van der Waals surface area contributed by atoms with Gasteiger partial charge in [-0.3, -0.25) is 14.6 Å². The van der Waals surface area contributed by atoms with Crippen molar-refractivity contribution in [3.63, 3.8) is 0 Å². The molecule has 0 saturated heterocycles. The van der Waals surface area contributed by atoms with Crippen molar-refractivity contribution < 1.29 is 14.1 Å². The first kappa shape index (κ1) is 18.1.